The molecule has 0 bridgehead atoms. The number of hydrogen-bond acceptors (Lipinski definition) is 4. The lowest BCUT2D eigenvalue weighted by Crippen LogP contribution is -2.41. The summed E-state index contributed by atoms with van der Waals surface area (Å²) in [6.45, 7) is 2.85. The number of hydrogen-bond donors (Lipinski definition) is 1. The van der Waals surface area contributed by atoms with Crippen molar-refractivity contribution < 1.29 is 9.18 Å². The van der Waals surface area contributed by atoms with Gasteiger partial charge >= 0.3 is 0 Å². The molecular formula is C14H16ClFN4O. The Hall–Kier alpha value is -1.87. The lowest BCUT2D eigenvalue weighted by Gasteiger charge is -2.34. The van der Waals surface area contributed by atoms with Crippen LogP contribution in [0.1, 0.15) is 24.1 Å². The van der Waals surface area contributed by atoms with Gasteiger partial charge in [0.2, 0.25) is 0 Å². The van der Waals surface area contributed by atoms with Gasteiger partial charge in [0, 0.05) is 19.0 Å². The first-order valence-electron chi connectivity index (χ1n) is 6.69. The summed E-state index contributed by atoms with van der Waals surface area (Å²) in [6.07, 6.45) is -0.569. The summed E-state index contributed by atoms with van der Waals surface area (Å²) in [4.78, 5) is 17.2. The Morgan fingerprint density at radius 1 is 1.62 bits per heavy atom. The fraction of sp³-hybridized carbons (Fsp3) is 0.500. The van der Waals surface area contributed by atoms with Gasteiger partial charge in [-0.05, 0) is 25.8 Å². The van der Waals surface area contributed by atoms with Crippen LogP contribution in [0.3, 0.4) is 0 Å². The van der Waals surface area contributed by atoms with E-state index in [0.717, 1.165) is 0 Å². The Bertz CT molecular complexity index is 593. The zero-order valence-electron chi connectivity index (χ0n) is 11.6. The van der Waals surface area contributed by atoms with Crippen molar-refractivity contribution in [3.63, 3.8) is 0 Å². The molecule has 0 saturated carbocycles. The Morgan fingerprint density at radius 3 is 2.76 bits per heavy atom. The van der Waals surface area contributed by atoms with Crippen LogP contribution in [-0.4, -0.2) is 30.2 Å². The highest BCUT2D eigenvalue weighted by Gasteiger charge is 2.31. The normalized spacial score (nSPS) is 17.3. The monoisotopic (exact) mass is 310 g/mol. The van der Waals surface area contributed by atoms with E-state index in [9.17, 15) is 9.18 Å². The molecule has 1 aliphatic rings. The fourth-order valence-electron chi connectivity index (χ4n) is 2.54. The molecule has 2 N–H and O–H groups in total. The topological polar surface area (TPSA) is 83.0 Å². The van der Waals surface area contributed by atoms with Crippen LogP contribution in [-0.2, 0) is 4.79 Å². The first-order valence-corrected chi connectivity index (χ1v) is 7.07. The Balaban J connectivity index is 2.11. The first-order chi connectivity index (χ1) is 9.93. The molecule has 0 spiro atoms. The van der Waals surface area contributed by atoms with Gasteiger partial charge in [-0.25, -0.2) is 9.37 Å². The van der Waals surface area contributed by atoms with Crippen molar-refractivity contribution in [1.29, 1.82) is 5.26 Å². The van der Waals surface area contributed by atoms with Gasteiger partial charge in [-0.3, -0.25) is 4.79 Å². The van der Waals surface area contributed by atoms with Crippen molar-refractivity contribution in [2.45, 2.75) is 25.9 Å². The van der Waals surface area contributed by atoms with Gasteiger partial charge in [0.15, 0.2) is 6.17 Å². The second kappa shape index (κ2) is 6.27. The number of halogens is 2. The molecule has 1 atom stereocenters. The van der Waals surface area contributed by atoms with Crippen LogP contribution in [0.4, 0.5) is 10.2 Å². The summed E-state index contributed by atoms with van der Waals surface area (Å²) in [5.41, 5.74) is 6.05. The van der Waals surface area contributed by atoms with Crippen molar-refractivity contribution in [3.8, 4) is 6.07 Å². The highest BCUT2D eigenvalue weighted by molar-refractivity contribution is 6.33. The van der Waals surface area contributed by atoms with Gasteiger partial charge in [-0.2, -0.15) is 5.26 Å². The van der Waals surface area contributed by atoms with Crippen LogP contribution in [0, 0.1) is 24.2 Å². The number of anilines is 1. The summed E-state index contributed by atoms with van der Waals surface area (Å²) < 4.78 is 13.6. The zero-order valence-corrected chi connectivity index (χ0v) is 12.4. The lowest BCUT2D eigenvalue weighted by atomic mass is 9.92. The summed E-state index contributed by atoms with van der Waals surface area (Å²) in [7, 11) is 0. The van der Waals surface area contributed by atoms with Crippen LogP contribution in [0.5, 0.6) is 0 Å². The van der Waals surface area contributed by atoms with E-state index in [4.69, 9.17) is 22.6 Å². The highest BCUT2D eigenvalue weighted by Crippen LogP contribution is 2.31. The molecule has 1 fully saturated rings. The van der Waals surface area contributed by atoms with E-state index >= 15 is 0 Å². The number of carbonyl (C=O) groups is 1. The summed E-state index contributed by atoms with van der Waals surface area (Å²) in [5, 5.41) is 9.35. The van der Waals surface area contributed by atoms with Crippen molar-refractivity contribution in [2.24, 2.45) is 11.7 Å². The van der Waals surface area contributed by atoms with Crippen LogP contribution in [0.2, 0.25) is 5.02 Å². The quantitative estimate of drug-likeness (QED) is 0.925. The molecule has 0 aromatic carbocycles. The number of pyridine rings is 1. The Kier molecular flexibility index (Phi) is 4.63. The molecule has 21 heavy (non-hydrogen) atoms. The average molecular weight is 311 g/mol. The summed E-state index contributed by atoms with van der Waals surface area (Å²) >= 11 is 6.16. The third-order valence-corrected chi connectivity index (χ3v) is 4.07. The molecule has 112 valence electrons. The second-order valence-electron chi connectivity index (χ2n) is 5.17. The van der Waals surface area contributed by atoms with Crippen molar-refractivity contribution in [3.05, 3.63) is 22.3 Å². The van der Waals surface area contributed by atoms with Crippen molar-refractivity contribution in [2.75, 3.05) is 18.0 Å². The lowest BCUT2D eigenvalue weighted by molar-refractivity contribution is -0.124. The molecule has 1 aromatic heterocycles. The van der Waals surface area contributed by atoms with Gasteiger partial charge in [0.25, 0.3) is 5.91 Å². The molecule has 0 radical (unpaired) electrons. The number of nitrogens with zero attached hydrogens (tertiary/aromatic N) is 3. The highest BCUT2D eigenvalue weighted by atomic mass is 35.5. The SMILES string of the molecule is Cc1nc(N2CCC(C(F)C(N)=O)CC2)c(Cl)cc1C#N. The number of piperidine rings is 1. The number of primary amides is 1. The Morgan fingerprint density at radius 2 is 2.24 bits per heavy atom. The molecule has 0 aliphatic carbocycles. The van der Waals surface area contributed by atoms with Gasteiger partial charge in [-0.15, -0.1) is 0 Å². The third kappa shape index (κ3) is 3.24. The number of carbonyl (C=O) groups excluding carboxylic acids is 1. The van der Waals surface area contributed by atoms with E-state index in [-0.39, 0.29) is 5.92 Å². The molecule has 1 aromatic rings. The summed E-state index contributed by atoms with van der Waals surface area (Å²) in [6, 6.07) is 3.62. The van der Waals surface area contributed by atoms with E-state index in [1.807, 2.05) is 11.0 Å². The zero-order chi connectivity index (χ0) is 15.6. The number of nitriles is 1. The van der Waals surface area contributed by atoms with Crippen molar-refractivity contribution in [1.82, 2.24) is 4.98 Å². The molecule has 7 heteroatoms. The third-order valence-electron chi connectivity index (χ3n) is 3.79. The molecule has 1 amide bonds. The van der Waals surface area contributed by atoms with Crippen LogP contribution in [0.25, 0.3) is 0 Å². The maximum atomic E-state index is 13.6. The molecule has 1 unspecified atom stereocenters. The smallest absolute Gasteiger partial charge is 0.252 e. The molecule has 1 saturated heterocycles. The average Bonchev–Trinajstić information content (AvgIpc) is 2.48. The molecule has 1 aliphatic heterocycles. The Labute approximate surface area is 127 Å². The molecule has 2 heterocycles. The molecular weight excluding hydrogens is 295 g/mol. The van der Waals surface area contributed by atoms with E-state index in [0.29, 0.717) is 48.0 Å². The predicted molar refractivity (Wildman–Crippen MR) is 77.7 cm³/mol. The van der Waals surface area contributed by atoms with Gasteiger partial charge in [0.05, 0.1) is 16.3 Å². The maximum Gasteiger partial charge on any atom is 0.252 e. The van der Waals surface area contributed by atoms with E-state index in [1.165, 1.54) is 0 Å². The number of rotatable bonds is 3. The van der Waals surface area contributed by atoms with Crippen LogP contribution < -0.4 is 10.6 Å². The van der Waals surface area contributed by atoms with E-state index in [2.05, 4.69) is 4.98 Å². The number of alkyl halides is 1. The first kappa shape index (κ1) is 15.5. The molecule has 5 nitrogen and oxygen atoms in total. The van der Waals surface area contributed by atoms with Crippen LogP contribution in [0.15, 0.2) is 6.07 Å². The standard InChI is InChI=1S/C14H16ClFN4O/c1-8-10(7-17)6-11(15)14(19-8)20-4-2-9(3-5-20)12(16)13(18)21/h6,9,12H,2-5H2,1H3,(H2,18,21). The minimum Gasteiger partial charge on any atom is -0.367 e. The number of nitrogens with two attached hydrogens (primary N) is 1. The fourth-order valence-corrected chi connectivity index (χ4v) is 2.81. The second-order valence-corrected chi connectivity index (χ2v) is 5.57. The van der Waals surface area contributed by atoms with Crippen LogP contribution >= 0.6 is 11.6 Å². The minimum atomic E-state index is -1.60. The predicted octanol–water partition coefficient (Wildman–Crippen LogP) is 1.95. The molecule has 2 rings (SSSR count). The van der Waals surface area contributed by atoms with Crippen molar-refractivity contribution >= 4 is 23.3 Å². The summed E-state index contributed by atoms with van der Waals surface area (Å²) in [5.74, 6) is -0.656. The number of amides is 1. The minimum absolute atomic E-state index is 0.350. The largest absolute Gasteiger partial charge is 0.367 e. The maximum absolute atomic E-state index is 13.6. The number of aryl methyl sites for hydroxylation is 1. The number of aromatic nitrogens is 1. The van der Waals surface area contributed by atoms with E-state index < -0.39 is 12.1 Å². The van der Waals surface area contributed by atoms with E-state index in [1.54, 1.807) is 13.0 Å². The van der Waals surface area contributed by atoms with Gasteiger partial charge < -0.3 is 10.6 Å². The van der Waals surface area contributed by atoms with Gasteiger partial charge in [-0.1, -0.05) is 11.6 Å². The van der Waals surface area contributed by atoms with Gasteiger partial charge in [0.1, 0.15) is 11.9 Å².